The van der Waals surface area contributed by atoms with Crippen molar-refractivity contribution in [3.63, 3.8) is 0 Å². The Bertz CT molecular complexity index is 743. The number of aliphatic hydroxyl groups is 2. The number of carbonyl (C=O) groups excluding carboxylic acids is 1. The van der Waals surface area contributed by atoms with Crippen molar-refractivity contribution in [3.05, 3.63) is 0 Å². The number of ether oxygens (including phenoxy) is 1. The number of amides is 1. The minimum absolute atomic E-state index is 0.144. The van der Waals surface area contributed by atoms with E-state index in [1.807, 2.05) is 4.90 Å². The summed E-state index contributed by atoms with van der Waals surface area (Å²) in [6.07, 6.45) is 9.48. The molecule has 0 radical (unpaired) electrons. The van der Waals surface area contributed by atoms with E-state index in [1.54, 1.807) is 0 Å². The van der Waals surface area contributed by atoms with Crippen molar-refractivity contribution in [1.29, 1.82) is 0 Å². The predicted molar refractivity (Wildman–Crippen MR) is 128 cm³/mol. The van der Waals surface area contributed by atoms with Crippen molar-refractivity contribution in [2.24, 2.45) is 52.3 Å². The largest absolute Gasteiger partial charge is 0.448 e. The Morgan fingerprint density at radius 1 is 1.06 bits per heavy atom. The molecule has 5 nitrogen and oxygen atoms in total. The van der Waals surface area contributed by atoms with Crippen LogP contribution >= 0.6 is 0 Å². The summed E-state index contributed by atoms with van der Waals surface area (Å²) in [5.74, 6) is 3.66. The van der Waals surface area contributed by atoms with Crippen LogP contribution < -0.4 is 0 Å². The van der Waals surface area contributed by atoms with Gasteiger partial charge in [0.15, 0.2) is 0 Å². The quantitative estimate of drug-likeness (QED) is 0.598. The number of fused-ring (bicyclic) bond motifs is 5. The Balaban J connectivity index is 1.35. The molecular formula is C28H47NO4. The lowest BCUT2D eigenvalue weighted by atomic mass is 9.41. The van der Waals surface area contributed by atoms with Crippen LogP contribution in [0.5, 0.6) is 0 Å². The Labute approximate surface area is 200 Å². The van der Waals surface area contributed by atoms with Gasteiger partial charge in [-0.25, -0.2) is 4.79 Å². The number of cyclic esters (lactones) is 1. The summed E-state index contributed by atoms with van der Waals surface area (Å²) in [7, 11) is 0. The average molecular weight is 462 g/mol. The Kier molecular flexibility index (Phi) is 6.30. The van der Waals surface area contributed by atoms with Crippen LogP contribution in [-0.2, 0) is 4.74 Å². The Hall–Kier alpha value is -0.810. The summed E-state index contributed by atoms with van der Waals surface area (Å²) in [6.45, 7) is 11.8. The average Bonchev–Trinajstić information content (AvgIpc) is 3.36. The second-order valence-electron chi connectivity index (χ2n) is 13.0. The van der Waals surface area contributed by atoms with Crippen molar-refractivity contribution in [3.8, 4) is 0 Å². The van der Waals surface area contributed by atoms with E-state index in [-0.39, 0.29) is 23.7 Å². The fourth-order valence-corrected chi connectivity index (χ4v) is 10.1. The molecule has 0 spiro atoms. The second kappa shape index (κ2) is 8.69. The van der Waals surface area contributed by atoms with Crippen LogP contribution in [0.3, 0.4) is 0 Å². The summed E-state index contributed by atoms with van der Waals surface area (Å²) in [5.41, 5.74) is 0.563. The zero-order chi connectivity index (χ0) is 23.5. The van der Waals surface area contributed by atoms with Crippen LogP contribution in [0.15, 0.2) is 0 Å². The third-order valence-corrected chi connectivity index (χ3v) is 11.8. The van der Waals surface area contributed by atoms with E-state index in [1.165, 1.54) is 25.7 Å². The molecule has 5 aliphatic rings. The fraction of sp³-hybridized carbons (Fsp3) is 0.964. The van der Waals surface area contributed by atoms with Gasteiger partial charge in [-0.2, -0.15) is 0 Å². The van der Waals surface area contributed by atoms with Gasteiger partial charge < -0.3 is 19.8 Å². The van der Waals surface area contributed by atoms with Crippen LogP contribution in [0.25, 0.3) is 0 Å². The lowest BCUT2D eigenvalue weighted by Crippen LogP contribution is -2.62. The van der Waals surface area contributed by atoms with Crippen LogP contribution in [-0.4, -0.2) is 53.1 Å². The van der Waals surface area contributed by atoms with Crippen molar-refractivity contribution < 1.29 is 19.7 Å². The smallest absolute Gasteiger partial charge is 0.409 e. The maximum Gasteiger partial charge on any atom is 0.409 e. The third-order valence-electron chi connectivity index (χ3n) is 11.8. The van der Waals surface area contributed by atoms with E-state index in [2.05, 4.69) is 27.7 Å². The first-order chi connectivity index (χ1) is 15.7. The molecule has 0 aromatic carbocycles. The molecule has 1 heterocycles. The molecule has 5 fully saturated rings. The van der Waals surface area contributed by atoms with Crippen molar-refractivity contribution in [2.75, 3.05) is 19.7 Å². The van der Waals surface area contributed by atoms with E-state index < -0.39 is 0 Å². The molecule has 0 aromatic heterocycles. The Morgan fingerprint density at radius 3 is 2.48 bits per heavy atom. The maximum absolute atomic E-state index is 11.9. The molecule has 0 unspecified atom stereocenters. The molecule has 188 valence electrons. The van der Waals surface area contributed by atoms with Gasteiger partial charge in [-0.3, -0.25) is 0 Å². The molecule has 0 bridgehead atoms. The van der Waals surface area contributed by atoms with E-state index in [0.29, 0.717) is 53.4 Å². The van der Waals surface area contributed by atoms with Gasteiger partial charge in [0.25, 0.3) is 0 Å². The molecule has 33 heavy (non-hydrogen) atoms. The number of hydrogen-bond acceptors (Lipinski definition) is 4. The first-order valence-corrected chi connectivity index (χ1v) is 14.0. The lowest BCUT2D eigenvalue weighted by molar-refractivity contribution is -0.203. The highest BCUT2D eigenvalue weighted by molar-refractivity contribution is 5.69. The zero-order valence-corrected chi connectivity index (χ0v) is 21.3. The SMILES string of the molecule is CC[C@H]1[C@@H](O)[C@@H]2[C@H](CC[C@]3(C)[C@@H]([C@H](C)CCN4CCOC4=O)CC[C@@H]23)[C@@]2(C)CC[C@@H](O)C[C@@H]12. The molecule has 1 aliphatic heterocycles. The standard InChI is InChI=1S/C28H47NO4/c1-5-19-23-16-18(30)8-11-28(23,4)22-9-12-27(3)20(6-7-21(27)24(22)25(19)31)17(2)10-13-29-14-15-33-26(29)32/h17-25,30-31H,5-16H2,1-4H3/t17-,18-,19-,20-,21+,22+,23+,24+,25-,27-,28-/m1/s1. The summed E-state index contributed by atoms with van der Waals surface area (Å²) in [6, 6.07) is 0. The minimum Gasteiger partial charge on any atom is -0.448 e. The normalized spacial score (nSPS) is 50.4. The van der Waals surface area contributed by atoms with E-state index in [0.717, 1.165) is 45.2 Å². The number of carbonyl (C=O) groups is 1. The number of aliphatic hydroxyl groups excluding tert-OH is 2. The molecule has 2 N–H and O–H groups in total. The van der Waals surface area contributed by atoms with Gasteiger partial charge in [0.2, 0.25) is 0 Å². The van der Waals surface area contributed by atoms with Crippen LogP contribution in [0.2, 0.25) is 0 Å². The highest BCUT2D eigenvalue weighted by Gasteiger charge is 2.64. The summed E-state index contributed by atoms with van der Waals surface area (Å²) in [5, 5.41) is 22.3. The summed E-state index contributed by atoms with van der Waals surface area (Å²) < 4.78 is 5.12. The molecule has 4 aliphatic carbocycles. The van der Waals surface area contributed by atoms with Crippen LogP contribution in [0.4, 0.5) is 4.79 Å². The number of hydrogen-bond donors (Lipinski definition) is 2. The molecule has 5 heteroatoms. The van der Waals surface area contributed by atoms with Crippen LogP contribution in [0.1, 0.15) is 85.5 Å². The van der Waals surface area contributed by atoms with Crippen molar-refractivity contribution in [1.82, 2.24) is 4.90 Å². The highest BCUT2D eigenvalue weighted by Crippen LogP contribution is 2.69. The van der Waals surface area contributed by atoms with Gasteiger partial charge in [0.1, 0.15) is 6.61 Å². The first kappa shape index (κ1) is 23.9. The van der Waals surface area contributed by atoms with Gasteiger partial charge >= 0.3 is 6.09 Å². The zero-order valence-electron chi connectivity index (χ0n) is 21.3. The lowest BCUT2D eigenvalue weighted by Gasteiger charge is -2.64. The topological polar surface area (TPSA) is 70.0 Å². The molecule has 11 atom stereocenters. The molecule has 1 amide bonds. The molecule has 0 aromatic rings. The van der Waals surface area contributed by atoms with Crippen molar-refractivity contribution >= 4 is 6.09 Å². The van der Waals surface area contributed by atoms with Gasteiger partial charge in [0, 0.05) is 6.54 Å². The van der Waals surface area contributed by atoms with Gasteiger partial charge in [-0.1, -0.05) is 34.1 Å². The third kappa shape index (κ3) is 3.66. The molecule has 5 rings (SSSR count). The van der Waals surface area contributed by atoms with Crippen molar-refractivity contribution in [2.45, 2.75) is 97.7 Å². The fourth-order valence-electron chi connectivity index (χ4n) is 10.1. The van der Waals surface area contributed by atoms with Gasteiger partial charge in [-0.05, 0) is 104 Å². The first-order valence-electron chi connectivity index (χ1n) is 14.0. The molecular weight excluding hydrogens is 414 g/mol. The number of rotatable bonds is 5. The monoisotopic (exact) mass is 461 g/mol. The van der Waals surface area contributed by atoms with E-state index in [4.69, 9.17) is 4.74 Å². The molecule has 4 saturated carbocycles. The second-order valence-corrected chi connectivity index (χ2v) is 13.0. The van der Waals surface area contributed by atoms with Gasteiger partial charge in [-0.15, -0.1) is 0 Å². The summed E-state index contributed by atoms with van der Waals surface area (Å²) >= 11 is 0. The van der Waals surface area contributed by atoms with Crippen LogP contribution in [0, 0.1) is 52.3 Å². The Morgan fingerprint density at radius 2 is 1.79 bits per heavy atom. The minimum atomic E-state index is -0.221. The number of nitrogens with zero attached hydrogens (tertiary/aromatic N) is 1. The van der Waals surface area contributed by atoms with E-state index in [9.17, 15) is 15.0 Å². The maximum atomic E-state index is 11.9. The predicted octanol–water partition coefficient (Wildman–Crippen LogP) is 5.09. The van der Waals surface area contributed by atoms with E-state index >= 15 is 0 Å². The van der Waals surface area contributed by atoms with Gasteiger partial charge in [0.05, 0.1) is 18.8 Å². The summed E-state index contributed by atoms with van der Waals surface area (Å²) in [4.78, 5) is 13.8. The highest BCUT2D eigenvalue weighted by atomic mass is 16.6. The molecule has 1 saturated heterocycles.